The normalized spacial score (nSPS) is 23.6. The number of nitrogens with zero attached hydrogens (tertiary/aromatic N) is 4. The van der Waals surface area contributed by atoms with Gasteiger partial charge in [-0.1, -0.05) is 62.6 Å². The molecule has 4 heterocycles. The van der Waals surface area contributed by atoms with Gasteiger partial charge in [-0.05, 0) is 180 Å². The average Bonchev–Trinajstić information content (AvgIpc) is 0.793. The first kappa shape index (κ1) is 65.2. The van der Waals surface area contributed by atoms with E-state index >= 15 is 0 Å². The Bertz CT molecular complexity index is 3630. The lowest BCUT2D eigenvalue weighted by Crippen LogP contribution is -2.63. The lowest BCUT2D eigenvalue weighted by atomic mass is 9.31. The lowest BCUT2D eigenvalue weighted by Gasteiger charge is -2.73. The van der Waals surface area contributed by atoms with Crippen LogP contribution in [0.25, 0.3) is 0 Å². The highest BCUT2D eigenvalue weighted by Gasteiger charge is 2.68. The third kappa shape index (κ3) is 14.0. The van der Waals surface area contributed by atoms with E-state index in [9.17, 15) is 54.0 Å². The number of carbonyl (C=O) groups is 5. The Hall–Kier alpha value is -6.31. The standard InChI is InChI=1S/C66H82F3N9O9S3/c1-4-64-41-65(42-64,43-64)52-38-63(2,3)27-23-45(52)39-76-33-35-77(36-34-76)48-17-15-44(16-18-48)59(80)74-90(86,87)50-19-20-53(56(37-50)89(84,85)66(67,68)69)72-47(40-88-49-11-6-5-7-12-49)26-32-75-30-24-46(25-31-75)70-28-8-9-29-71-54-14-10-13-51-58(54)62(83)78(61(51)82)55-21-22-57(79)73-60(55)81/h5-7,10-20,37,46-47,55,70-72H,4,8-9,21-36,38-43H2,1-3H3,(H,74,80)(H,73,79,81)/t47-,55?,64?,65?/m1/s1. The molecule has 6 fully saturated rings. The number of amides is 5. The van der Waals surface area contributed by atoms with Crippen LogP contribution in [0.5, 0.6) is 0 Å². The van der Waals surface area contributed by atoms with Crippen LogP contribution < -0.4 is 30.9 Å². The van der Waals surface area contributed by atoms with Gasteiger partial charge < -0.3 is 25.8 Å². The van der Waals surface area contributed by atoms with Crippen LogP contribution in [0.3, 0.4) is 0 Å². The molecule has 18 nitrogen and oxygen atoms in total. The topological polar surface area (TPSA) is 227 Å². The van der Waals surface area contributed by atoms with Crippen molar-refractivity contribution < 1.29 is 54.0 Å². The fourth-order valence-corrected chi connectivity index (χ4v) is 17.7. The first-order chi connectivity index (χ1) is 42.9. The molecule has 90 heavy (non-hydrogen) atoms. The van der Waals surface area contributed by atoms with Crippen LogP contribution in [0.4, 0.5) is 30.2 Å². The van der Waals surface area contributed by atoms with Crippen molar-refractivity contribution in [1.82, 2.24) is 30.1 Å². The second kappa shape index (κ2) is 26.4. The number of carbonyl (C=O) groups excluding carboxylic acids is 5. The molecular formula is C66H82F3N9O9S3. The molecule has 3 saturated heterocycles. The first-order valence-electron chi connectivity index (χ1n) is 31.7. The molecule has 4 aromatic rings. The molecule has 4 aromatic carbocycles. The first-order valence-corrected chi connectivity index (χ1v) is 35.6. The van der Waals surface area contributed by atoms with E-state index in [2.05, 4.69) is 56.7 Å². The lowest BCUT2D eigenvalue weighted by molar-refractivity contribution is -0.182. The van der Waals surface area contributed by atoms with Gasteiger partial charge in [0.2, 0.25) is 11.8 Å². The highest BCUT2D eigenvalue weighted by atomic mass is 32.2. The molecule has 5 N–H and O–H groups in total. The Morgan fingerprint density at radius 2 is 1.50 bits per heavy atom. The third-order valence-corrected chi connectivity index (χ3v) is 23.9. The van der Waals surface area contributed by atoms with E-state index < -0.39 is 82.5 Å². The molecule has 24 heteroatoms. The van der Waals surface area contributed by atoms with E-state index in [0.29, 0.717) is 53.3 Å². The summed E-state index contributed by atoms with van der Waals surface area (Å²) in [4.78, 5) is 71.3. The van der Waals surface area contributed by atoms with E-state index in [1.54, 1.807) is 41.5 Å². The Kier molecular flexibility index (Phi) is 19.1. The van der Waals surface area contributed by atoms with Crippen LogP contribution in [-0.2, 0) is 29.4 Å². The number of hydrogen-bond donors (Lipinski definition) is 5. The Labute approximate surface area is 530 Å². The van der Waals surface area contributed by atoms with Gasteiger partial charge in [0, 0.05) is 91.9 Å². The van der Waals surface area contributed by atoms with Crippen LogP contribution >= 0.6 is 11.8 Å². The van der Waals surface area contributed by atoms with Gasteiger partial charge in [0.1, 0.15) is 10.9 Å². The molecule has 0 aromatic heterocycles. The van der Waals surface area contributed by atoms with Gasteiger partial charge in [-0.15, -0.1) is 11.8 Å². The number of rotatable bonds is 25. The summed E-state index contributed by atoms with van der Waals surface area (Å²) in [5.41, 5.74) is 0.304. The third-order valence-electron chi connectivity index (χ3n) is 19.8. The molecule has 5 amide bonds. The molecule has 484 valence electrons. The maximum Gasteiger partial charge on any atom is 0.501 e. The van der Waals surface area contributed by atoms with Crippen LogP contribution in [0, 0.1) is 16.2 Å². The van der Waals surface area contributed by atoms with Gasteiger partial charge >= 0.3 is 5.51 Å². The molecule has 3 saturated carbocycles. The van der Waals surface area contributed by atoms with Crippen molar-refractivity contribution in [3.63, 3.8) is 0 Å². The molecule has 4 aliphatic carbocycles. The average molecular weight is 1300 g/mol. The van der Waals surface area contributed by atoms with Crippen molar-refractivity contribution >= 4 is 78.2 Å². The number of fused-ring (bicyclic) bond motifs is 1. The summed E-state index contributed by atoms with van der Waals surface area (Å²) in [5.74, 6) is -2.95. The van der Waals surface area contributed by atoms with Crippen molar-refractivity contribution in [2.45, 2.75) is 149 Å². The number of anilines is 3. The van der Waals surface area contributed by atoms with E-state index in [0.717, 1.165) is 112 Å². The van der Waals surface area contributed by atoms with Crippen LogP contribution in [0.15, 0.2) is 117 Å². The summed E-state index contributed by atoms with van der Waals surface area (Å²) in [6.07, 6.45) is 12.6. The number of piperidine rings is 2. The predicted molar refractivity (Wildman–Crippen MR) is 341 cm³/mol. The summed E-state index contributed by atoms with van der Waals surface area (Å²) < 4.78 is 99.9. The minimum atomic E-state index is -6.13. The number of benzene rings is 4. The monoisotopic (exact) mass is 1300 g/mol. The molecular weight excluding hydrogens is 1220 g/mol. The molecule has 1 unspecified atom stereocenters. The molecule has 0 spiro atoms. The number of imide groups is 2. The summed E-state index contributed by atoms with van der Waals surface area (Å²) >= 11 is 1.44. The molecule has 4 aliphatic heterocycles. The number of halogens is 3. The van der Waals surface area contributed by atoms with Crippen molar-refractivity contribution in [1.29, 1.82) is 0 Å². The highest BCUT2D eigenvalue weighted by Crippen LogP contribution is 2.79. The molecule has 12 rings (SSSR count). The second-order valence-electron chi connectivity index (χ2n) is 26.6. The number of sulfonamides is 1. The zero-order valence-corrected chi connectivity index (χ0v) is 53.8. The molecule has 0 radical (unpaired) electrons. The van der Waals surface area contributed by atoms with Crippen LogP contribution in [0.2, 0.25) is 0 Å². The van der Waals surface area contributed by atoms with Gasteiger partial charge in [0.05, 0.1) is 21.7 Å². The van der Waals surface area contributed by atoms with Crippen molar-refractivity contribution in [3.8, 4) is 0 Å². The number of nitrogens with one attached hydrogen (secondary N) is 5. The quantitative estimate of drug-likeness (QED) is 0.0180. The maximum absolute atomic E-state index is 14.5. The SMILES string of the molecule is CCC12CC(C3=C(CN4CCN(c5ccc(C(=O)NS(=O)(=O)c6ccc(N[C@H](CCN7CCC(NCCCCNc8cccc9c8C(=O)N(C8CCC(=O)NC8=O)C9=O)CC7)CSc7ccccc7)c(S(=O)(=O)C(F)(F)F)c6)cc5)CC4)CCC(C)(C)C3)(C1)C2. The number of sulfone groups is 1. The number of unbranched alkanes of at least 4 members (excludes halogenated alkanes) is 1. The van der Waals surface area contributed by atoms with Crippen LogP contribution in [-0.4, -0.2) is 156 Å². The largest absolute Gasteiger partial charge is 0.501 e. The zero-order valence-electron chi connectivity index (χ0n) is 51.4. The second-order valence-corrected chi connectivity index (χ2v) is 31.3. The van der Waals surface area contributed by atoms with Gasteiger partial charge in [-0.3, -0.25) is 39.1 Å². The Morgan fingerprint density at radius 3 is 2.19 bits per heavy atom. The number of allylic oxidation sites excluding steroid dienone is 1. The highest BCUT2D eigenvalue weighted by molar-refractivity contribution is 7.99. The van der Waals surface area contributed by atoms with E-state index in [1.807, 2.05) is 35.1 Å². The predicted octanol–water partition coefficient (Wildman–Crippen LogP) is 9.62. The number of hydrogen-bond acceptors (Lipinski definition) is 16. The number of alkyl halides is 3. The fourth-order valence-electron chi connectivity index (χ4n) is 14.7. The fraction of sp³-hybridized carbons (Fsp3) is 0.530. The van der Waals surface area contributed by atoms with Crippen molar-refractivity contribution in [2.75, 3.05) is 86.7 Å². The summed E-state index contributed by atoms with van der Waals surface area (Å²) in [6.45, 7) is 14.7. The minimum Gasteiger partial charge on any atom is -0.384 e. The van der Waals surface area contributed by atoms with Gasteiger partial charge in [0.15, 0.2) is 0 Å². The van der Waals surface area contributed by atoms with Gasteiger partial charge in [-0.25, -0.2) is 21.6 Å². The molecule has 2 atom stereocenters. The summed E-state index contributed by atoms with van der Waals surface area (Å²) in [6, 6.07) is 21.9. The van der Waals surface area contributed by atoms with E-state index in [-0.39, 0.29) is 35.6 Å². The van der Waals surface area contributed by atoms with E-state index in [4.69, 9.17) is 0 Å². The Morgan fingerprint density at radius 1 is 0.789 bits per heavy atom. The van der Waals surface area contributed by atoms with Crippen molar-refractivity contribution in [3.05, 3.63) is 119 Å². The number of likely N-dealkylation sites (tertiary alicyclic amines) is 1. The maximum atomic E-state index is 14.5. The smallest absolute Gasteiger partial charge is 0.384 e. The summed E-state index contributed by atoms with van der Waals surface area (Å²) in [7, 11) is -11.0. The van der Waals surface area contributed by atoms with Gasteiger partial charge in [0.25, 0.3) is 37.6 Å². The molecule has 2 bridgehead atoms. The van der Waals surface area contributed by atoms with Crippen molar-refractivity contribution in [2.24, 2.45) is 16.2 Å². The summed E-state index contributed by atoms with van der Waals surface area (Å²) in [5, 5.41) is 12.2. The molecule has 8 aliphatic rings. The zero-order chi connectivity index (χ0) is 63.8. The minimum absolute atomic E-state index is 0.000953. The number of piperazine rings is 1. The Balaban J connectivity index is 0.667. The number of thioether (sulfide) groups is 1. The van der Waals surface area contributed by atoms with Crippen LogP contribution in [0.1, 0.15) is 142 Å². The van der Waals surface area contributed by atoms with E-state index in [1.165, 1.54) is 62.4 Å². The van der Waals surface area contributed by atoms with Gasteiger partial charge in [-0.2, -0.15) is 13.2 Å².